The highest BCUT2D eigenvalue weighted by Gasteiger charge is 2.28. The van der Waals surface area contributed by atoms with Crippen LogP contribution in [-0.4, -0.2) is 36.8 Å². The molecule has 0 unspecified atom stereocenters. The Bertz CT molecular complexity index is 1070. The number of nitrogens with one attached hydrogen (secondary N) is 1. The minimum Gasteiger partial charge on any atom is -0.454 e. The number of nitriles is 1. The lowest BCUT2D eigenvalue weighted by atomic mass is 10.0. The molecule has 1 aromatic heterocycles. The van der Waals surface area contributed by atoms with Gasteiger partial charge >= 0.3 is 6.09 Å². The predicted molar refractivity (Wildman–Crippen MR) is 110 cm³/mol. The van der Waals surface area contributed by atoms with Crippen molar-refractivity contribution >= 4 is 34.4 Å². The van der Waals surface area contributed by atoms with Gasteiger partial charge in [-0.25, -0.2) is 4.79 Å². The molecule has 0 fully saturated rings. The van der Waals surface area contributed by atoms with Crippen molar-refractivity contribution in [3.8, 4) is 17.6 Å². The van der Waals surface area contributed by atoms with Crippen LogP contribution in [0, 0.1) is 11.3 Å². The molecule has 0 bridgehead atoms. The molecule has 0 saturated heterocycles. The summed E-state index contributed by atoms with van der Waals surface area (Å²) in [6, 6.07) is 7.59. The lowest BCUT2D eigenvalue weighted by Gasteiger charge is -2.25. The topological polar surface area (TPSA) is 101 Å². The van der Waals surface area contributed by atoms with Crippen molar-refractivity contribution < 1.29 is 23.8 Å². The SMILES string of the molecule is CCOC(=O)N1CCc2c(sc(NC(=O)/C=C/c3ccc4c(c3)OCO4)c2C#N)C1. The highest BCUT2D eigenvalue weighted by Crippen LogP contribution is 2.37. The zero-order valence-corrected chi connectivity index (χ0v) is 17.1. The summed E-state index contributed by atoms with van der Waals surface area (Å²) in [5, 5.41) is 12.9. The number of rotatable bonds is 4. The second-order valence-electron chi connectivity index (χ2n) is 6.63. The summed E-state index contributed by atoms with van der Waals surface area (Å²) in [6.07, 6.45) is 3.25. The molecule has 2 aromatic rings. The van der Waals surface area contributed by atoms with Crippen molar-refractivity contribution in [2.75, 3.05) is 25.3 Å². The number of benzene rings is 1. The van der Waals surface area contributed by atoms with Gasteiger partial charge in [0, 0.05) is 17.5 Å². The number of thiophene rings is 1. The molecule has 0 radical (unpaired) electrons. The highest BCUT2D eigenvalue weighted by molar-refractivity contribution is 7.16. The zero-order valence-electron chi connectivity index (χ0n) is 16.3. The third kappa shape index (κ3) is 3.95. The quantitative estimate of drug-likeness (QED) is 0.753. The molecule has 0 atom stereocenters. The minimum atomic E-state index is -0.368. The fourth-order valence-corrected chi connectivity index (χ4v) is 4.54. The average Bonchev–Trinajstić information content (AvgIpc) is 3.35. The molecule has 0 spiro atoms. The van der Waals surface area contributed by atoms with E-state index in [0.717, 1.165) is 16.0 Å². The van der Waals surface area contributed by atoms with Crippen molar-refractivity contribution in [3.05, 3.63) is 45.8 Å². The van der Waals surface area contributed by atoms with Gasteiger partial charge in [0.15, 0.2) is 11.5 Å². The van der Waals surface area contributed by atoms with Gasteiger partial charge in [0.05, 0.1) is 18.7 Å². The van der Waals surface area contributed by atoms with E-state index in [1.165, 1.54) is 17.4 Å². The first-order valence-corrected chi connectivity index (χ1v) is 10.3. The van der Waals surface area contributed by atoms with Crippen LogP contribution in [0.5, 0.6) is 11.5 Å². The maximum absolute atomic E-state index is 12.4. The Hall–Kier alpha value is -3.51. The number of fused-ring (bicyclic) bond motifs is 2. The highest BCUT2D eigenvalue weighted by atomic mass is 32.1. The fraction of sp³-hybridized carbons (Fsp3) is 0.286. The monoisotopic (exact) mass is 425 g/mol. The molecule has 0 saturated carbocycles. The Morgan fingerprint density at radius 3 is 3.00 bits per heavy atom. The molecule has 9 heteroatoms. The van der Waals surface area contributed by atoms with Crippen molar-refractivity contribution in [3.63, 3.8) is 0 Å². The largest absolute Gasteiger partial charge is 0.454 e. The van der Waals surface area contributed by atoms with Crippen molar-refractivity contribution in [1.82, 2.24) is 4.90 Å². The van der Waals surface area contributed by atoms with Crippen LogP contribution in [0.3, 0.4) is 0 Å². The van der Waals surface area contributed by atoms with E-state index in [-0.39, 0.29) is 18.8 Å². The van der Waals surface area contributed by atoms with Crippen LogP contribution in [-0.2, 0) is 22.5 Å². The van der Waals surface area contributed by atoms with Crippen LogP contribution in [0.15, 0.2) is 24.3 Å². The molecule has 8 nitrogen and oxygen atoms in total. The number of anilines is 1. The number of hydrogen-bond donors (Lipinski definition) is 1. The third-order valence-corrected chi connectivity index (χ3v) is 5.89. The number of ether oxygens (including phenoxy) is 3. The van der Waals surface area contributed by atoms with Crippen molar-refractivity contribution in [2.24, 2.45) is 0 Å². The lowest BCUT2D eigenvalue weighted by molar-refractivity contribution is -0.111. The molecular weight excluding hydrogens is 406 g/mol. The maximum atomic E-state index is 12.4. The molecule has 154 valence electrons. The van der Waals surface area contributed by atoms with E-state index in [1.807, 2.05) is 6.07 Å². The Morgan fingerprint density at radius 2 is 2.20 bits per heavy atom. The zero-order chi connectivity index (χ0) is 21.1. The van der Waals surface area contributed by atoms with Crippen molar-refractivity contribution in [2.45, 2.75) is 19.9 Å². The number of carbonyl (C=O) groups is 2. The van der Waals surface area contributed by atoms with Crippen LogP contribution in [0.4, 0.5) is 9.80 Å². The smallest absolute Gasteiger partial charge is 0.410 e. The van der Waals surface area contributed by atoms with Crippen LogP contribution >= 0.6 is 11.3 Å². The Labute approximate surface area is 177 Å². The first kappa shape index (κ1) is 19.8. The Morgan fingerprint density at radius 1 is 1.37 bits per heavy atom. The molecule has 2 aliphatic rings. The fourth-order valence-electron chi connectivity index (χ4n) is 3.32. The second kappa shape index (κ2) is 8.47. The van der Waals surface area contributed by atoms with Crippen LogP contribution in [0.1, 0.15) is 28.5 Å². The van der Waals surface area contributed by atoms with Crippen LogP contribution in [0.2, 0.25) is 0 Å². The number of carbonyl (C=O) groups excluding carboxylic acids is 2. The minimum absolute atomic E-state index is 0.191. The van der Waals surface area contributed by atoms with Gasteiger partial charge in [-0.2, -0.15) is 5.26 Å². The van der Waals surface area contributed by atoms with E-state index in [1.54, 1.807) is 30.0 Å². The van der Waals surface area contributed by atoms with Gasteiger partial charge in [0.1, 0.15) is 11.1 Å². The van der Waals surface area contributed by atoms with Gasteiger partial charge in [0.2, 0.25) is 12.7 Å². The van der Waals surface area contributed by atoms with Crippen molar-refractivity contribution in [1.29, 1.82) is 5.26 Å². The van der Waals surface area contributed by atoms with E-state index in [0.29, 0.717) is 48.2 Å². The second-order valence-corrected chi connectivity index (χ2v) is 7.73. The number of nitrogens with zero attached hydrogens (tertiary/aromatic N) is 2. The summed E-state index contributed by atoms with van der Waals surface area (Å²) in [4.78, 5) is 26.9. The summed E-state index contributed by atoms with van der Waals surface area (Å²) in [5.41, 5.74) is 2.15. The molecule has 4 rings (SSSR count). The normalized spacial score (nSPS) is 14.3. The van der Waals surface area contributed by atoms with Crippen LogP contribution < -0.4 is 14.8 Å². The summed E-state index contributed by atoms with van der Waals surface area (Å²) < 4.78 is 15.7. The van der Waals surface area contributed by atoms with Gasteiger partial charge in [-0.1, -0.05) is 6.07 Å². The molecule has 3 heterocycles. The number of amides is 2. The lowest BCUT2D eigenvalue weighted by Crippen LogP contribution is -2.35. The predicted octanol–water partition coefficient (Wildman–Crippen LogP) is 3.51. The maximum Gasteiger partial charge on any atom is 0.410 e. The van der Waals surface area contributed by atoms with E-state index < -0.39 is 0 Å². The molecule has 0 aliphatic carbocycles. The molecule has 2 amide bonds. The third-order valence-electron chi connectivity index (χ3n) is 4.76. The van der Waals surface area contributed by atoms with Gasteiger partial charge in [-0.05, 0) is 42.7 Å². The van der Waals surface area contributed by atoms with E-state index >= 15 is 0 Å². The summed E-state index contributed by atoms with van der Waals surface area (Å²) >= 11 is 1.32. The van der Waals surface area contributed by atoms with E-state index in [2.05, 4.69) is 11.4 Å². The van der Waals surface area contributed by atoms with Gasteiger partial charge in [-0.15, -0.1) is 11.3 Å². The molecular formula is C21H19N3O5S. The molecule has 2 aliphatic heterocycles. The van der Waals surface area contributed by atoms with E-state index in [9.17, 15) is 14.9 Å². The molecule has 1 N–H and O–H groups in total. The van der Waals surface area contributed by atoms with Crippen LogP contribution in [0.25, 0.3) is 6.08 Å². The summed E-state index contributed by atoms with van der Waals surface area (Å²) in [7, 11) is 0. The van der Waals surface area contributed by atoms with E-state index in [4.69, 9.17) is 14.2 Å². The molecule has 30 heavy (non-hydrogen) atoms. The first-order chi connectivity index (χ1) is 14.6. The summed E-state index contributed by atoms with van der Waals surface area (Å²) in [6.45, 7) is 3.12. The van der Waals surface area contributed by atoms with Gasteiger partial charge in [0.25, 0.3) is 0 Å². The average molecular weight is 425 g/mol. The van der Waals surface area contributed by atoms with Gasteiger partial charge in [-0.3, -0.25) is 4.79 Å². The van der Waals surface area contributed by atoms with Gasteiger partial charge < -0.3 is 24.4 Å². The Balaban J connectivity index is 1.46. The molecule has 1 aromatic carbocycles. The Kier molecular flexibility index (Phi) is 5.59. The first-order valence-electron chi connectivity index (χ1n) is 9.44. The summed E-state index contributed by atoms with van der Waals surface area (Å²) in [5.74, 6) is 0.975. The number of hydrogen-bond acceptors (Lipinski definition) is 7. The standard InChI is InChI=1S/C21H19N3O5S/c1-2-27-21(26)24-8-7-14-15(10-22)20(30-18(14)11-24)23-19(25)6-4-13-3-5-16-17(9-13)29-12-28-16/h3-6,9H,2,7-8,11-12H2,1H3,(H,23,25)/b6-4+.